The Bertz CT molecular complexity index is 562. The van der Waals surface area contributed by atoms with Gasteiger partial charge in [-0.3, -0.25) is 9.59 Å². The Morgan fingerprint density at radius 3 is 2.80 bits per heavy atom. The molecule has 5 N–H and O–H groups in total. The number of piperidine rings is 1. The summed E-state index contributed by atoms with van der Waals surface area (Å²) in [5.41, 5.74) is 12.1. The number of anilines is 2. The second kappa shape index (κ2) is 5.58. The van der Waals surface area contributed by atoms with Gasteiger partial charge in [0.25, 0.3) is 5.91 Å². The number of hydrogen-bond acceptors (Lipinski definition) is 4. The van der Waals surface area contributed by atoms with Gasteiger partial charge in [0.2, 0.25) is 5.91 Å². The van der Waals surface area contributed by atoms with Crippen LogP contribution < -0.4 is 16.8 Å². The Balaban J connectivity index is 2.25. The van der Waals surface area contributed by atoms with Gasteiger partial charge < -0.3 is 21.7 Å². The standard InChI is InChI=1S/C13H17ClN4O2/c1-18-6-8(2-3-11(18)19)17-12-9(13(16)20)4-7(15)5-10(12)14/h4-5,8,17H,2-3,6,15H2,1H3,(H2,16,20). The van der Waals surface area contributed by atoms with E-state index in [-0.39, 0.29) is 17.5 Å². The predicted octanol–water partition coefficient (Wildman–Crippen LogP) is 1.05. The molecule has 1 fully saturated rings. The second-order valence-corrected chi connectivity index (χ2v) is 5.35. The molecule has 0 bridgehead atoms. The highest BCUT2D eigenvalue weighted by molar-refractivity contribution is 6.34. The van der Waals surface area contributed by atoms with Gasteiger partial charge >= 0.3 is 0 Å². The number of nitrogens with one attached hydrogen (secondary N) is 1. The van der Waals surface area contributed by atoms with E-state index < -0.39 is 5.91 Å². The van der Waals surface area contributed by atoms with Gasteiger partial charge in [0.15, 0.2) is 0 Å². The lowest BCUT2D eigenvalue weighted by Gasteiger charge is -2.31. The molecule has 1 atom stereocenters. The molecule has 20 heavy (non-hydrogen) atoms. The molecule has 0 aromatic heterocycles. The molecular formula is C13H17ClN4O2. The van der Waals surface area contributed by atoms with Crippen LogP contribution in [0.2, 0.25) is 5.02 Å². The van der Waals surface area contributed by atoms with Crippen molar-refractivity contribution in [3.63, 3.8) is 0 Å². The van der Waals surface area contributed by atoms with Crippen molar-refractivity contribution in [2.45, 2.75) is 18.9 Å². The number of rotatable bonds is 3. The van der Waals surface area contributed by atoms with Crippen LogP contribution in [0.4, 0.5) is 11.4 Å². The minimum absolute atomic E-state index is 0.0249. The first-order valence-electron chi connectivity index (χ1n) is 6.28. The summed E-state index contributed by atoms with van der Waals surface area (Å²) in [4.78, 5) is 24.6. The molecule has 1 aromatic rings. The molecule has 0 radical (unpaired) electrons. The molecule has 1 aliphatic rings. The highest BCUT2D eigenvalue weighted by Crippen LogP contribution is 2.30. The number of likely N-dealkylation sites (tertiary alicyclic amines) is 1. The first-order chi connectivity index (χ1) is 9.38. The third-order valence-electron chi connectivity index (χ3n) is 3.35. The number of nitrogen functional groups attached to an aromatic ring is 1. The number of hydrogen-bond donors (Lipinski definition) is 3. The van der Waals surface area contributed by atoms with Crippen molar-refractivity contribution in [1.82, 2.24) is 4.90 Å². The average molecular weight is 297 g/mol. The van der Waals surface area contributed by atoms with E-state index in [0.29, 0.717) is 35.8 Å². The highest BCUT2D eigenvalue weighted by Gasteiger charge is 2.24. The van der Waals surface area contributed by atoms with Crippen molar-refractivity contribution >= 4 is 34.8 Å². The number of likely N-dealkylation sites (N-methyl/N-ethyl adjacent to an activating group) is 1. The summed E-state index contributed by atoms with van der Waals surface area (Å²) in [6.45, 7) is 0.553. The first kappa shape index (κ1) is 14.5. The topological polar surface area (TPSA) is 101 Å². The zero-order valence-electron chi connectivity index (χ0n) is 11.1. The summed E-state index contributed by atoms with van der Waals surface area (Å²) in [5, 5.41) is 3.54. The van der Waals surface area contributed by atoms with E-state index in [0.717, 1.165) is 0 Å². The summed E-state index contributed by atoms with van der Waals surface area (Å²) in [7, 11) is 1.75. The van der Waals surface area contributed by atoms with Crippen LogP contribution in [0, 0.1) is 0 Å². The monoisotopic (exact) mass is 296 g/mol. The van der Waals surface area contributed by atoms with Crippen LogP contribution in [0.1, 0.15) is 23.2 Å². The third kappa shape index (κ3) is 2.96. The SMILES string of the molecule is CN1CC(Nc2c(Cl)cc(N)cc2C(N)=O)CCC1=O. The molecule has 1 unspecified atom stereocenters. The van der Waals surface area contributed by atoms with Gasteiger partial charge in [0.1, 0.15) is 0 Å². The Kier molecular flexibility index (Phi) is 4.04. The maximum atomic E-state index is 11.5. The van der Waals surface area contributed by atoms with Crippen LogP contribution in [0.15, 0.2) is 12.1 Å². The Morgan fingerprint density at radius 1 is 1.50 bits per heavy atom. The predicted molar refractivity (Wildman–Crippen MR) is 78.7 cm³/mol. The molecule has 0 aliphatic carbocycles. The molecule has 1 aliphatic heterocycles. The number of carbonyl (C=O) groups is 2. The molecule has 0 spiro atoms. The molecule has 0 saturated carbocycles. The van der Waals surface area contributed by atoms with Crippen LogP contribution in [-0.4, -0.2) is 36.3 Å². The number of primary amides is 1. The molecule has 108 valence electrons. The van der Waals surface area contributed by atoms with Gasteiger partial charge in [-0.1, -0.05) is 11.6 Å². The van der Waals surface area contributed by atoms with E-state index in [9.17, 15) is 9.59 Å². The van der Waals surface area contributed by atoms with E-state index in [1.54, 1.807) is 18.0 Å². The van der Waals surface area contributed by atoms with Crippen LogP contribution in [0.5, 0.6) is 0 Å². The van der Waals surface area contributed by atoms with Crippen molar-refractivity contribution in [3.8, 4) is 0 Å². The number of carbonyl (C=O) groups excluding carboxylic acids is 2. The van der Waals surface area contributed by atoms with Crippen molar-refractivity contribution < 1.29 is 9.59 Å². The average Bonchev–Trinajstić information content (AvgIpc) is 2.36. The lowest BCUT2D eigenvalue weighted by atomic mass is 10.0. The summed E-state index contributed by atoms with van der Waals surface area (Å²) in [5.74, 6) is -0.483. The van der Waals surface area contributed by atoms with Crippen molar-refractivity contribution in [2.75, 3.05) is 24.6 Å². The second-order valence-electron chi connectivity index (χ2n) is 4.94. The molecule has 1 aromatic carbocycles. The van der Waals surface area contributed by atoms with E-state index >= 15 is 0 Å². The van der Waals surface area contributed by atoms with Gasteiger partial charge in [-0.25, -0.2) is 0 Å². The van der Waals surface area contributed by atoms with Crippen molar-refractivity contribution in [1.29, 1.82) is 0 Å². The lowest BCUT2D eigenvalue weighted by molar-refractivity contribution is -0.132. The maximum absolute atomic E-state index is 11.5. The molecule has 7 heteroatoms. The van der Waals surface area contributed by atoms with Crippen LogP contribution in [-0.2, 0) is 4.79 Å². The quantitative estimate of drug-likeness (QED) is 0.726. The van der Waals surface area contributed by atoms with E-state index in [2.05, 4.69) is 5.32 Å². The fourth-order valence-electron chi connectivity index (χ4n) is 2.30. The van der Waals surface area contributed by atoms with Gasteiger partial charge in [0, 0.05) is 31.7 Å². The molecule has 1 saturated heterocycles. The molecule has 6 nitrogen and oxygen atoms in total. The largest absolute Gasteiger partial charge is 0.399 e. The fourth-order valence-corrected chi connectivity index (χ4v) is 2.59. The maximum Gasteiger partial charge on any atom is 0.250 e. The first-order valence-corrected chi connectivity index (χ1v) is 6.65. The van der Waals surface area contributed by atoms with Crippen LogP contribution in [0.25, 0.3) is 0 Å². The van der Waals surface area contributed by atoms with Crippen molar-refractivity contribution in [3.05, 3.63) is 22.7 Å². The van der Waals surface area contributed by atoms with Gasteiger partial charge in [0.05, 0.1) is 16.3 Å². The molecule has 1 heterocycles. The summed E-state index contributed by atoms with van der Waals surface area (Å²) < 4.78 is 0. The number of nitrogens with zero attached hydrogens (tertiary/aromatic N) is 1. The van der Waals surface area contributed by atoms with E-state index in [1.165, 1.54) is 6.07 Å². The van der Waals surface area contributed by atoms with Crippen molar-refractivity contribution in [2.24, 2.45) is 5.73 Å². The number of halogens is 1. The molecule has 2 rings (SSSR count). The summed E-state index contributed by atoms with van der Waals surface area (Å²) in [6, 6.07) is 3.08. The van der Waals surface area contributed by atoms with E-state index in [4.69, 9.17) is 23.1 Å². The number of nitrogens with two attached hydrogens (primary N) is 2. The van der Waals surface area contributed by atoms with Crippen LogP contribution >= 0.6 is 11.6 Å². The molecule has 2 amide bonds. The number of amides is 2. The minimum Gasteiger partial charge on any atom is -0.399 e. The molecular weight excluding hydrogens is 280 g/mol. The Morgan fingerprint density at radius 2 is 2.20 bits per heavy atom. The van der Waals surface area contributed by atoms with Gasteiger partial charge in [-0.05, 0) is 18.6 Å². The fraction of sp³-hybridized carbons (Fsp3) is 0.385. The zero-order valence-corrected chi connectivity index (χ0v) is 11.9. The normalized spacial score (nSPS) is 19.0. The smallest absolute Gasteiger partial charge is 0.250 e. The van der Waals surface area contributed by atoms with E-state index in [1.807, 2.05) is 0 Å². The zero-order chi connectivity index (χ0) is 14.9. The van der Waals surface area contributed by atoms with Crippen LogP contribution in [0.3, 0.4) is 0 Å². The summed E-state index contributed by atoms with van der Waals surface area (Å²) in [6.07, 6.45) is 1.15. The Hall–Kier alpha value is -1.95. The lowest BCUT2D eigenvalue weighted by Crippen LogP contribution is -2.43. The Labute approximate surface area is 122 Å². The number of benzene rings is 1. The van der Waals surface area contributed by atoms with Gasteiger partial charge in [-0.15, -0.1) is 0 Å². The van der Waals surface area contributed by atoms with Gasteiger partial charge in [-0.2, -0.15) is 0 Å². The third-order valence-corrected chi connectivity index (χ3v) is 3.65. The summed E-state index contributed by atoms with van der Waals surface area (Å²) >= 11 is 6.13. The minimum atomic E-state index is -0.595. The highest BCUT2D eigenvalue weighted by atomic mass is 35.5.